The van der Waals surface area contributed by atoms with Crippen LogP contribution in [0.2, 0.25) is 0 Å². The molecule has 0 aromatic carbocycles. The zero-order valence-electron chi connectivity index (χ0n) is 11.4. The van der Waals surface area contributed by atoms with Gasteiger partial charge in [0.05, 0.1) is 0 Å². The van der Waals surface area contributed by atoms with Gasteiger partial charge in [0.15, 0.2) is 0 Å². The molecule has 0 spiro atoms. The number of hydrogen-bond donors (Lipinski definition) is 1. The van der Waals surface area contributed by atoms with E-state index in [1.807, 2.05) is 11.8 Å². The van der Waals surface area contributed by atoms with E-state index in [4.69, 9.17) is 5.73 Å². The summed E-state index contributed by atoms with van der Waals surface area (Å²) in [4.78, 5) is 4.66. The largest absolute Gasteiger partial charge is 0.329 e. The first-order valence-electron chi connectivity index (χ1n) is 6.15. The fourth-order valence-corrected chi connectivity index (χ4v) is 2.26. The van der Waals surface area contributed by atoms with E-state index in [2.05, 4.69) is 37.2 Å². The number of rotatable bonds is 10. The van der Waals surface area contributed by atoms with Gasteiger partial charge in [-0.1, -0.05) is 0 Å². The maximum absolute atomic E-state index is 5.83. The van der Waals surface area contributed by atoms with Gasteiger partial charge < -0.3 is 15.5 Å². The van der Waals surface area contributed by atoms with E-state index in [-0.39, 0.29) is 0 Å². The van der Waals surface area contributed by atoms with Gasteiger partial charge in [-0.05, 0) is 65.5 Å². The van der Waals surface area contributed by atoms with Crippen LogP contribution in [0.3, 0.4) is 0 Å². The standard InChI is InChI=1S/C12H29N3S/c1-14(2)8-6-9-15(3)12(11-13)7-5-10-16-4/h12H,5-11,13H2,1-4H3. The Kier molecular flexibility index (Phi) is 10.5. The van der Waals surface area contributed by atoms with E-state index >= 15 is 0 Å². The summed E-state index contributed by atoms with van der Waals surface area (Å²) in [5.41, 5.74) is 5.83. The number of likely N-dealkylation sites (N-methyl/N-ethyl adjacent to an activating group) is 1. The fourth-order valence-electron chi connectivity index (χ4n) is 1.80. The Morgan fingerprint density at radius 1 is 1.12 bits per heavy atom. The third kappa shape index (κ3) is 8.39. The Morgan fingerprint density at radius 3 is 2.31 bits per heavy atom. The quantitative estimate of drug-likeness (QED) is 0.591. The first-order chi connectivity index (χ1) is 7.61. The van der Waals surface area contributed by atoms with E-state index in [9.17, 15) is 0 Å². The van der Waals surface area contributed by atoms with Crippen LogP contribution in [0.5, 0.6) is 0 Å². The summed E-state index contributed by atoms with van der Waals surface area (Å²) in [5.74, 6) is 1.25. The van der Waals surface area contributed by atoms with Gasteiger partial charge in [0.2, 0.25) is 0 Å². The molecule has 0 fully saturated rings. The molecule has 2 N–H and O–H groups in total. The third-order valence-corrected chi connectivity index (χ3v) is 3.59. The van der Waals surface area contributed by atoms with Gasteiger partial charge in [-0.15, -0.1) is 0 Å². The average molecular weight is 247 g/mol. The van der Waals surface area contributed by atoms with Crippen LogP contribution in [0.4, 0.5) is 0 Å². The molecule has 0 aliphatic heterocycles. The Morgan fingerprint density at radius 2 is 1.81 bits per heavy atom. The van der Waals surface area contributed by atoms with Gasteiger partial charge >= 0.3 is 0 Å². The molecule has 0 saturated heterocycles. The SMILES string of the molecule is CSCCCC(CN)N(C)CCCN(C)C. The normalized spacial score (nSPS) is 13.7. The molecule has 0 aromatic heterocycles. The van der Waals surface area contributed by atoms with Crippen LogP contribution in [0.25, 0.3) is 0 Å². The highest BCUT2D eigenvalue weighted by atomic mass is 32.2. The van der Waals surface area contributed by atoms with Crippen molar-refractivity contribution in [1.82, 2.24) is 9.80 Å². The van der Waals surface area contributed by atoms with Crippen LogP contribution in [-0.4, -0.2) is 68.6 Å². The minimum atomic E-state index is 0.564. The van der Waals surface area contributed by atoms with Gasteiger partial charge in [-0.25, -0.2) is 0 Å². The molecule has 1 unspecified atom stereocenters. The van der Waals surface area contributed by atoms with E-state index in [1.54, 1.807) is 0 Å². The number of thioether (sulfide) groups is 1. The second kappa shape index (κ2) is 10.4. The van der Waals surface area contributed by atoms with Crippen molar-refractivity contribution in [2.75, 3.05) is 52.8 Å². The van der Waals surface area contributed by atoms with Crippen molar-refractivity contribution in [3.63, 3.8) is 0 Å². The minimum Gasteiger partial charge on any atom is -0.329 e. The average Bonchev–Trinajstić information content (AvgIpc) is 2.23. The molecule has 16 heavy (non-hydrogen) atoms. The van der Waals surface area contributed by atoms with Crippen LogP contribution in [0, 0.1) is 0 Å². The van der Waals surface area contributed by atoms with Crippen molar-refractivity contribution in [1.29, 1.82) is 0 Å². The second-order valence-electron chi connectivity index (χ2n) is 4.66. The summed E-state index contributed by atoms with van der Waals surface area (Å²) in [6.45, 7) is 3.10. The van der Waals surface area contributed by atoms with Crippen molar-refractivity contribution in [3.8, 4) is 0 Å². The smallest absolute Gasteiger partial charge is 0.0215 e. The lowest BCUT2D eigenvalue weighted by molar-refractivity contribution is 0.222. The molecule has 0 bridgehead atoms. The zero-order chi connectivity index (χ0) is 12.4. The maximum atomic E-state index is 5.83. The third-order valence-electron chi connectivity index (χ3n) is 2.90. The van der Waals surface area contributed by atoms with Crippen molar-refractivity contribution >= 4 is 11.8 Å². The molecule has 0 radical (unpaired) electrons. The first kappa shape index (κ1) is 16.2. The van der Waals surface area contributed by atoms with E-state index in [0.29, 0.717) is 6.04 Å². The van der Waals surface area contributed by atoms with Crippen molar-refractivity contribution in [2.45, 2.75) is 25.3 Å². The summed E-state index contributed by atoms with van der Waals surface area (Å²) in [6.07, 6.45) is 5.90. The maximum Gasteiger partial charge on any atom is 0.0215 e. The topological polar surface area (TPSA) is 32.5 Å². The van der Waals surface area contributed by atoms with Gasteiger partial charge in [-0.2, -0.15) is 11.8 Å². The van der Waals surface area contributed by atoms with Gasteiger partial charge in [0.1, 0.15) is 0 Å². The van der Waals surface area contributed by atoms with Crippen molar-refractivity contribution in [3.05, 3.63) is 0 Å². The second-order valence-corrected chi connectivity index (χ2v) is 5.65. The summed E-state index contributed by atoms with van der Waals surface area (Å²) >= 11 is 1.92. The summed E-state index contributed by atoms with van der Waals surface area (Å²) in [6, 6.07) is 0.564. The molecule has 0 aliphatic rings. The fraction of sp³-hybridized carbons (Fsp3) is 1.00. The summed E-state index contributed by atoms with van der Waals surface area (Å²) in [7, 11) is 6.45. The van der Waals surface area contributed by atoms with Crippen LogP contribution in [0.1, 0.15) is 19.3 Å². The van der Waals surface area contributed by atoms with Crippen molar-refractivity contribution in [2.24, 2.45) is 5.73 Å². The lowest BCUT2D eigenvalue weighted by Gasteiger charge is -2.27. The lowest BCUT2D eigenvalue weighted by Crippen LogP contribution is -2.39. The van der Waals surface area contributed by atoms with E-state index in [1.165, 1.54) is 25.0 Å². The lowest BCUT2D eigenvalue weighted by atomic mass is 10.1. The molecule has 0 saturated carbocycles. The molecule has 1 atom stereocenters. The molecular formula is C12H29N3S. The van der Waals surface area contributed by atoms with Crippen molar-refractivity contribution < 1.29 is 0 Å². The first-order valence-corrected chi connectivity index (χ1v) is 7.55. The van der Waals surface area contributed by atoms with Crippen LogP contribution in [-0.2, 0) is 0 Å². The highest BCUT2D eigenvalue weighted by Crippen LogP contribution is 2.07. The number of nitrogens with zero attached hydrogens (tertiary/aromatic N) is 2. The zero-order valence-corrected chi connectivity index (χ0v) is 12.2. The van der Waals surface area contributed by atoms with E-state index < -0.39 is 0 Å². The Bertz CT molecular complexity index is 153. The Balaban J connectivity index is 3.68. The van der Waals surface area contributed by atoms with Crippen LogP contribution < -0.4 is 5.73 Å². The minimum absolute atomic E-state index is 0.564. The highest BCUT2D eigenvalue weighted by Gasteiger charge is 2.11. The predicted molar refractivity (Wildman–Crippen MR) is 76.3 cm³/mol. The molecule has 0 aromatic rings. The molecule has 0 heterocycles. The summed E-state index contributed by atoms with van der Waals surface area (Å²) < 4.78 is 0. The molecule has 3 nitrogen and oxygen atoms in total. The number of hydrogen-bond acceptors (Lipinski definition) is 4. The number of nitrogens with two attached hydrogens (primary N) is 1. The molecule has 4 heteroatoms. The van der Waals surface area contributed by atoms with Gasteiger partial charge in [0.25, 0.3) is 0 Å². The Labute approximate surface area is 106 Å². The van der Waals surface area contributed by atoms with Gasteiger partial charge in [-0.3, -0.25) is 0 Å². The molecule has 0 aliphatic carbocycles. The van der Waals surface area contributed by atoms with Crippen LogP contribution >= 0.6 is 11.8 Å². The predicted octanol–water partition coefficient (Wildman–Crippen LogP) is 1.34. The Hall–Kier alpha value is 0.230. The monoisotopic (exact) mass is 247 g/mol. The highest BCUT2D eigenvalue weighted by molar-refractivity contribution is 7.98. The van der Waals surface area contributed by atoms with E-state index in [0.717, 1.165) is 19.6 Å². The molecule has 0 rings (SSSR count). The van der Waals surface area contributed by atoms with Crippen LogP contribution in [0.15, 0.2) is 0 Å². The molecular weight excluding hydrogens is 218 g/mol. The summed E-state index contributed by atoms with van der Waals surface area (Å²) in [5, 5.41) is 0. The molecule has 98 valence electrons. The molecule has 0 amide bonds. The van der Waals surface area contributed by atoms with Gasteiger partial charge in [0, 0.05) is 12.6 Å².